The molecule has 3 aromatic heterocycles. The van der Waals surface area contributed by atoms with Crippen molar-refractivity contribution in [1.82, 2.24) is 24.6 Å². The van der Waals surface area contributed by atoms with E-state index in [1.165, 1.54) is 4.90 Å². The quantitative estimate of drug-likeness (QED) is 0.777. The number of rotatable bonds is 3. The average Bonchev–Trinajstić information content (AvgIpc) is 3.19. The Labute approximate surface area is 146 Å². The predicted octanol–water partition coefficient (Wildman–Crippen LogP) is 3.13. The third kappa shape index (κ3) is 2.83. The van der Waals surface area contributed by atoms with Gasteiger partial charge in [-0.15, -0.1) is 0 Å². The van der Waals surface area contributed by atoms with Crippen LogP contribution in [0.5, 0.6) is 0 Å². The topological polar surface area (TPSA) is 66.8 Å². The molecule has 0 radical (unpaired) electrons. The Hall–Kier alpha value is -2.84. The summed E-state index contributed by atoms with van der Waals surface area (Å²) < 4.78 is 39.5. The lowest BCUT2D eigenvalue weighted by atomic mass is 9.98. The lowest BCUT2D eigenvalue weighted by molar-refractivity contribution is -0.152. The zero-order valence-corrected chi connectivity index (χ0v) is 13.9. The molecule has 136 valence electrons. The molecule has 9 heteroatoms. The molecule has 0 aromatic carbocycles. The number of nitrogens with one attached hydrogen (secondary N) is 1. The van der Waals surface area contributed by atoms with E-state index < -0.39 is 24.5 Å². The molecule has 0 bridgehead atoms. The molecule has 0 saturated carbocycles. The van der Waals surface area contributed by atoms with Gasteiger partial charge in [0.1, 0.15) is 11.3 Å². The number of aromatic amines is 1. The molecule has 3 aromatic rings. The van der Waals surface area contributed by atoms with Crippen molar-refractivity contribution < 1.29 is 18.0 Å². The Kier molecular flexibility index (Phi) is 3.74. The molecule has 4 rings (SSSR count). The number of hydrogen-bond donors (Lipinski definition) is 1. The number of H-pyrrole nitrogens is 1. The maximum Gasteiger partial charge on any atom is 0.391 e. The molecule has 1 aliphatic heterocycles. The van der Waals surface area contributed by atoms with Crippen LogP contribution >= 0.6 is 0 Å². The minimum Gasteiger partial charge on any atom is -0.334 e. The van der Waals surface area contributed by atoms with Gasteiger partial charge in [-0.1, -0.05) is 0 Å². The average molecular weight is 363 g/mol. The van der Waals surface area contributed by atoms with Crippen LogP contribution in [0.2, 0.25) is 0 Å². The van der Waals surface area contributed by atoms with E-state index in [1.54, 1.807) is 30.1 Å². The van der Waals surface area contributed by atoms with Crippen molar-refractivity contribution in [3.05, 3.63) is 36.3 Å². The fourth-order valence-corrected chi connectivity index (χ4v) is 3.29. The largest absolute Gasteiger partial charge is 0.391 e. The molecule has 0 spiro atoms. The number of alkyl halides is 3. The van der Waals surface area contributed by atoms with Gasteiger partial charge in [0.2, 0.25) is 0 Å². The number of amides is 1. The van der Waals surface area contributed by atoms with E-state index in [1.807, 2.05) is 12.1 Å². The summed E-state index contributed by atoms with van der Waals surface area (Å²) in [7, 11) is 1.69. The van der Waals surface area contributed by atoms with Gasteiger partial charge in [-0.3, -0.25) is 9.89 Å². The molecule has 26 heavy (non-hydrogen) atoms. The second-order valence-corrected chi connectivity index (χ2v) is 6.45. The highest BCUT2D eigenvalue weighted by Crippen LogP contribution is 2.32. The number of carbonyl (C=O) groups excluding carboxylic acids is 1. The van der Waals surface area contributed by atoms with Crippen LogP contribution in [0.4, 0.5) is 13.2 Å². The zero-order chi connectivity index (χ0) is 18.5. The molecular formula is C17H16F3N5O. The van der Waals surface area contributed by atoms with Crippen LogP contribution in [0.3, 0.4) is 0 Å². The third-order valence-corrected chi connectivity index (χ3v) is 4.76. The number of nitrogens with zero attached hydrogens (tertiary/aromatic N) is 4. The predicted molar refractivity (Wildman–Crippen MR) is 88.4 cm³/mol. The van der Waals surface area contributed by atoms with Crippen LogP contribution < -0.4 is 0 Å². The van der Waals surface area contributed by atoms with Gasteiger partial charge in [-0.05, 0) is 24.6 Å². The van der Waals surface area contributed by atoms with Crippen molar-refractivity contribution in [3.8, 4) is 11.3 Å². The van der Waals surface area contributed by atoms with Crippen LogP contribution in [-0.2, 0) is 7.05 Å². The monoisotopic (exact) mass is 363 g/mol. The number of halogens is 3. The number of fused-ring (bicyclic) bond motifs is 1. The zero-order valence-electron chi connectivity index (χ0n) is 13.9. The van der Waals surface area contributed by atoms with Crippen LogP contribution in [0.25, 0.3) is 22.3 Å². The summed E-state index contributed by atoms with van der Waals surface area (Å²) in [6.07, 6.45) is -1.51. The van der Waals surface area contributed by atoms with E-state index in [0.29, 0.717) is 30.0 Å². The van der Waals surface area contributed by atoms with E-state index >= 15 is 0 Å². The highest BCUT2D eigenvalue weighted by Gasteiger charge is 2.41. The van der Waals surface area contributed by atoms with E-state index in [4.69, 9.17) is 0 Å². The normalized spacial score (nSPS) is 17.5. The lowest BCUT2D eigenvalue weighted by Gasteiger charge is -2.41. The Morgan fingerprint density at radius 3 is 2.81 bits per heavy atom. The Bertz CT molecular complexity index is 961. The minimum atomic E-state index is -4.27. The molecule has 0 aliphatic carbocycles. The molecule has 0 unspecified atom stereocenters. The van der Waals surface area contributed by atoms with Gasteiger partial charge in [0, 0.05) is 36.8 Å². The molecule has 6 nitrogen and oxygen atoms in total. The molecule has 1 fully saturated rings. The van der Waals surface area contributed by atoms with Crippen LogP contribution in [0.15, 0.2) is 30.6 Å². The molecule has 1 amide bonds. The Morgan fingerprint density at radius 2 is 2.19 bits per heavy atom. The van der Waals surface area contributed by atoms with Gasteiger partial charge in [-0.2, -0.15) is 18.3 Å². The second-order valence-electron chi connectivity index (χ2n) is 6.45. The molecule has 1 N–H and O–H groups in total. The van der Waals surface area contributed by atoms with Crippen molar-refractivity contribution in [1.29, 1.82) is 0 Å². The van der Waals surface area contributed by atoms with Crippen molar-refractivity contribution in [2.75, 3.05) is 6.54 Å². The molecule has 4 heterocycles. The number of hydrogen-bond acceptors (Lipinski definition) is 3. The first-order valence-corrected chi connectivity index (χ1v) is 8.17. The first-order valence-electron chi connectivity index (χ1n) is 8.17. The van der Waals surface area contributed by atoms with Crippen LogP contribution in [0.1, 0.15) is 23.3 Å². The van der Waals surface area contributed by atoms with Crippen molar-refractivity contribution in [2.45, 2.75) is 25.1 Å². The number of likely N-dealkylation sites (tertiary alicyclic amines) is 1. The highest BCUT2D eigenvalue weighted by atomic mass is 19.4. The van der Waals surface area contributed by atoms with Crippen molar-refractivity contribution in [3.63, 3.8) is 0 Å². The summed E-state index contributed by atoms with van der Waals surface area (Å²) in [4.78, 5) is 18.6. The summed E-state index contributed by atoms with van der Waals surface area (Å²) in [5.74, 6) is -0.393. The van der Waals surface area contributed by atoms with Crippen molar-refractivity contribution >= 4 is 16.9 Å². The van der Waals surface area contributed by atoms with Gasteiger partial charge in [0.05, 0.1) is 18.3 Å². The van der Waals surface area contributed by atoms with Gasteiger partial charge in [0.15, 0.2) is 0 Å². The minimum absolute atomic E-state index is 0.337. The summed E-state index contributed by atoms with van der Waals surface area (Å²) in [6, 6.07) is 4.55. The first-order chi connectivity index (χ1) is 12.3. The van der Waals surface area contributed by atoms with E-state index in [9.17, 15) is 18.0 Å². The number of carbonyl (C=O) groups is 1. The van der Waals surface area contributed by atoms with Gasteiger partial charge < -0.3 is 9.47 Å². The third-order valence-electron chi connectivity index (χ3n) is 4.76. The molecule has 1 saturated heterocycles. The maximum absolute atomic E-state index is 12.7. The van der Waals surface area contributed by atoms with E-state index in [-0.39, 0.29) is 0 Å². The first kappa shape index (κ1) is 16.6. The Balaban J connectivity index is 1.64. The van der Waals surface area contributed by atoms with Gasteiger partial charge in [0.25, 0.3) is 5.91 Å². The summed E-state index contributed by atoms with van der Waals surface area (Å²) in [6.45, 7) is 0.342. The SMILES string of the molecule is Cn1c(C(=O)N2CC[C@@H]2CC(F)(F)F)cc2ccc(-c3cn[nH]c3)nc21. The van der Waals surface area contributed by atoms with Crippen LogP contribution in [0, 0.1) is 0 Å². The van der Waals surface area contributed by atoms with Gasteiger partial charge in [-0.25, -0.2) is 4.98 Å². The highest BCUT2D eigenvalue weighted by molar-refractivity contribution is 5.98. The summed E-state index contributed by atoms with van der Waals surface area (Å²) >= 11 is 0. The lowest BCUT2D eigenvalue weighted by Crippen LogP contribution is -2.53. The Morgan fingerprint density at radius 1 is 1.38 bits per heavy atom. The fourth-order valence-electron chi connectivity index (χ4n) is 3.29. The summed E-state index contributed by atoms with van der Waals surface area (Å²) in [5.41, 5.74) is 2.45. The van der Waals surface area contributed by atoms with Crippen LogP contribution in [-0.4, -0.2) is 49.3 Å². The van der Waals surface area contributed by atoms with Gasteiger partial charge >= 0.3 is 6.18 Å². The fraction of sp³-hybridized carbons (Fsp3) is 0.353. The number of aryl methyl sites for hydroxylation is 1. The smallest absolute Gasteiger partial charge is 0.334 e. The van der Waals surface area contributed by atoms with Crippen molar-refractivity contribution in [2.24, 2.45) is 7.05 Å². The van der Waals surface area contributed by atoms with E-state index in [2.05, 4.69) is 15.2 Å². The van der Waals surface area contributed by atoms with E-state index in [0.717, 1.165) is 10.9 Å². The molecular weight excluding hydrogens is 347 g/mol. The molecule has 1 aliphatic rings. The molecule has 1 atom stereocenters. The maximum atomic E-state index is 12.7. The summed E-state index contributed by atoms with van der Waals surface area (Å²) in [5, 5.41) is 7.37. The second kappa shape index (κ2) is 5.86. The number of aromatic nitrogens is 4. The standard InChI is InChI=1S/C17H16F3N5O/c1-24-14(16(26)25-5-4-12(25)7-17(18,19)20)6-10-2-3-13(23-15(10)24)11-8-21-22-9-11/h2-3,6,8-9,12H,4-5,7H2,1H3,(H,21,22)/t12-/m1/s1. The number of pyridine rings is 1.